The van der Waals surface area contributed by atoms with Crippen LogP contribution in [-0.4, -0.2) is 11.8 Å². The number of benzene rings is 3. The van der Waals surface area contributed by atoms with Crippen LogP contribution in [0.15, 0.2) is 66.4 Å². The highest BCUT2D eigenvalue weighted by atomic mass is 35.5. The molecule has 0 saturated heterocycles. The van der Waals surface area contributed by atoms with E-state index < -0.39 is 5.97 Å². The Kier molecular flexibility index (Phi) is 5.14. The van der Waals surface area contributed by atoms with Gasteiger partial charge in [-0.25, -0.2) is 4.79 Å². The molecule has 1 aliphatic heterocycles. The second kappa shape index (κ2) is 7.74. The second-order valence-corrected chi connectivity index (χ2v) is 7.30. The standard InChI is InChI=1S/C23H14Cl2O4/c1-13-5-7-14(8-6-13)23(27)28-15-9-10-16-20(11-15)29-21(22(16)26)12-17-18(24)3-2-4-19(17)25/h2-12H,1H3/b21-12-. The van der Waals surface area contributed by atoms with Gasteiger partial charge in [-0.05, 0) is 49.4 Å². The maximum absolute atomic E-state index is 12.6. The molecule has 0 spiro atoms. The van der Waals surface area contributed by atoms with Crippen molar-refractivity contribution < 1.29 is 19.1 Å². The Labute approximate surface area is 177 Å². The molecule has 0 amide bonds. The van der Waals surface area contributed by atoms with E-state index in [4.69, 9.17) is 32.7 Å². The van der Waals surface area contributed by atoms with E-state index in [1.807, 2.05) is 19.1 Å². The van der Waals surface area contributed by atoms with E-state index in [-0.39, 0.29) is 17.3 Å². The lowest BCUT2D eigenvalue weighted by Gasteiger charge is -2.06. The van der Waals surface area contributed by atoms with E-state index >= 15 is 0 Å². The van der Waals surface area contributed by atoms with E-state index in [0.717, 1.165) is 5.56 Å². The zero-order valence-corrected chi connectivity index (χ0v) is 16.8. The summed E-state index contributed by atoms with van der Waals surface area (Å²) in [5.41, 5.74) is 2.35. The Morgan fingerprint density at radius 1 is 1.00 bits per heavy atom. The smallest absolute Gasteiger partial charge is 0.343 e. The van der Waals surface area contributed by atoms with Crippen LogP contribution in [0.4, 0.5) is 0 Å². The molecule has 4 nitrogen and oxygen atoms in total. The SMILES string of the molecule is Cc1ccc(C(=O)Oc2ccc3c(c2)O/C(=C\c2c(Cl)cccc2Cl)C3=O)cc1. The van der Waals surface area contributed by atoms with Crippen LogP contribution in [0.3, 0.4) is 0 Å². The van der Waals surface area contributed by atoms with Crippen molar-refractivity contribution in [3.8, 4) is 11.5 Å². The number of halogens is 2. The summed E-state index contributed by atoms with van der Waals surface area (Å²) in [6, 6.07) is 16.7. The summed E-state index contributed by atoms with van der Waals surface area (Å²) in [4.78, 5) is 24.9. The molecule has 0 atom stereocenters. The van der Waals surface area contributed by atoms with E-state index in [1.54, 1.807) is 42.5 Å². The normalized spacial score (nSPS) is 13.9. The summed E-state index contributed by atoms with van der Waals surface area (Å²) < 4.78 is 11.1. The van der Waals surface area contributed by atoms with Gasteiger partial charge in [0.15, 0.2) is 5.76 Å². The minimum Gasteiger partial charge on any atom is -0.452 e. The number of aryl methyl sites for hydroxylation is 1. The molecule has 144 valence electrons. The first-order valence-electron chi connectivity index (χ1n) is 8.73. The van der Waals surface area contributed by atoms with Crippen LogP contribution in [0.1, 0.15) is 31.8 Å². The predicted octanol–water partition coefficient (Wildman–Crippen LogP) is 6.14. The molecule has 0 radical (unpaired) electrons. The van der Waals surface area contributed by atoms with Gasteiger partial charge in [-0.15, -0.1) is 0 Å². The van der Waals surface area contributed by atoms with Gasteiger partial charge >= 0.3 is 5.97 Å². The molecule has 0 aromatic heterocycles. The van der Waals surface area contributed by atoms with Crippen LogP contribution in [0, 0.1) is 6.92 Å². The lowest BCUT2D eigenvalue weighted by molar-refractivity contribution is 0.0734. The largest absolute Gasteiger partial charge is 0.452 e. The Morgan fingerprint density at radius 2 is 1.69 bits per heavy atom. The molecule has 1 heterocycles. The summed E-state index contributed by atoms with van der Waals surface area (Å²) in [5, 5.41) is 0.815. The third-order valence-electron chi connectivity index (χ3n) is 4.41. The van der Waals surface area contributed by atoms with Crippen molar-refractivity contribution in [1.82, 2.24) is 0 Å². The predicted molar refractivity (Wildman–Crippen MR) is 112 cm³/mol. The van der Waals surface area contributed by atoms with Gasteiger partial charge < -0.3 is 9.47 Å². The van der Waals surface area contributed by atoms with Crippen LogP contribution < -0.4 is 9.47 Å². The zero-order valence-electron chi connectivity index (χ0n) is 15.2. The van der Waals surface area contributed by atoms with E-state index in [9.17, 15) is 9.59 Å². The highest BCUT2D eigenvalue weighted by molar-refractivity contribution is 6.37. The number of hydrogen-bond donors (Lipinski definition) is 0. The fourth-order valence-electron chi connectivity index (χ4n) is 2.87. The van der Waals surface area contributed by atoms with Crippen LogP contribution in [-0.2, 0) is 0 Å². The number of allylic oxidation sites excluding steroid dienone is 1. The number of carbonyl (C=O) groups is 2. The number of rotatable bonds is 3. The first kappa shape index (κ1) is 19.2. The van der Waals surface area contributed by atoms with Crippen molar-refractivity contribution in [2.75, 3.05) is 0 Å². The van der Waals surface area contributed by atoms with E-state index in [0.29, 0.717) is 32.5 Å². The third-order valence-corrected chi connectivity index (χ3v) is 5.07. The van der Waals surface area contributed by atoms with Gasteiger partial charge in [-0.2, -0.15) is 0 Å². The number of esters is 1. The number of ether oxygens (including phenoxy) is 2. The molecule has 3 aromatic carbocycles. The minimum absolute atomic E-state index is 0.0945. The molecule has 0 aliphatic carbocycles. The van der Waals surface area contributed by atoms with Crippen LogP contribution in [0.25, 0.3) is 6.08 Å². The van der Waals surface area contributed by atoms with Crippen molar-refractivity contribution in [2.24, 2.45) is 0 Å². The Balaban J connectivity index is 1.58. The highest BCUT2D eigenvalue weighted by Crippen LogP contribution is 2.36. The minimum atomic E-state index is -0.493. The fraction of sp³-hybridized carbons (Fsp3) is 0.0435. The monoisotopic (exact) mass is 424 g/mol. The molecule has 29 heavy (non-hydrogen) atoms. The quantitative estimate of drug-likeness (QED) is 0.288. The molecule has 0 saturated carbocycles. The van der Waals surface area contributed by atoms with Gasteiger partial charge in [0.2, 0.25) is 5.78 Å². The molecular weight excluding hydrogens is 411 g/mol. The highest BCUT2D eigenvalue weighted by Gasteiger charge is 2.28. The molecule has 3 aromatic rings. The number of hydrogen-bond acceptors (Lipinski definition) is 4. The van der Waals surface area contributed by atoms with Crippen molar-refractivity contribution in [1.29, 1.82) is 0 Å². The van der Waals surface area contributed by atoms with Crippen LogP contribution >= 0.6 is 23.2 Å². The zero-order chi connectivity index (χ0) is 20.5. The maximum Gasteiger partial charge on any atom is 0.343 e. The Bertz CT molecular complexity index is 1140. The average molecular weight is 425 g/mol. The molecule has 1 aliphatic rings. The Hall–Kier alpha value is -3.08. The van der Waals surface area contributed by atoms with Crippen molar-refractivity contribution in [3.05, 3.63) is 98.7 Å². The van der Waals surface area contributed by atoms with Crippen molar-refractivity contribution in [2.45, 2.75) is 6.92 Å². The van der Waals surface area contributed by atoms with Crippen LogP contribution in [0.2, 0.25) is 10.0 Å². The number of carbonyl (C=O) groups excluding carboxylic acids is 2. The van der Waals surface area contributed by atoms with Crippen molar-refractivity contribution >= 4 is 41.0 Å². The Morgan fingerprint density at radius 3 is 2.38 bits per heavy atom. The van der Waals surface area contributed by atoms with Gasteiger partial charge in [0.25, 0.3) is 0 Å². The van der Waals surface area contributed by atoms with Gasteiger partial charge in [0.1, 0.15) is 11.5 Å². The number of Topliss-reactive ketones (excluding diaryl/α,β-unsaturated/α-hetero) is 1. The number of ketones is 1. The van der Waals surface area contributed by atoms with E-state index in [2.05, 4.69) is 0 Å². The summed E-state index contributed by atoms with van der Waals surface area (Å²) in [6.45, 7) is 1.94. The summed E-state index contributed by atoms with van der Waals surface area (Å²) >= 11 is 12.3. The first-order valence-corrected chi connectivity index (χ1v) is 9.49. The molecule has 0 unspecified atom stereocenters. The summed E-state index contributed by atoms with van der Waals surface area (Å²) in [7, 11) is 0. The third kappa shape index (κ3) is 3.90. The van der Waals surface area contributed by atoms with Gasteiger partial charge in [-0.3, -0.25) is 4.79 Å². The summed E-state index contributed by atoms with van der Waals surface area (Å²) in [6.07, 6.45) is 1.50. The fourth-order valence-corrected chi connectivity index (χ4v) is 3.37. The molecule has 0 N–H and O–H groups in total. The maximum atomic E-state index is 12.6. The lowest BCUT2D eigenvalue weighted by Crippen LogP contribution is -2.08. The van der Waals surface area contributed by atoms with Crippen LogP contribution in [0.5, 0.6) is 11.5 Å². The molecule has 0 fully saturated rings. The molecular formula is C23H14Cl2O4. The molecule has 6 heteroatoms. The number of fused-ring (bicyclic) bond motifs is 1. The van der Waals surface area contributed by atoms with Gasteiger partial charge in [0, 0.05) is 21.7 Å². The average Bonchev–Trinajstić information content (AvgIpc) is 3.00. The summed E-state index contributed by atoms with van der Waals surface area (Å²) in [5.74, 6) is -0.116. The lowest BCUT2D eigenvalue weighted by atomic mass is 10.1. The topological polar surface area (TPSA) is 52.6 Å². The second-order valence-electron chi connectivity index (χ2n) is 6.49. The molecule has 4 rings (SSSR count). The van der Waals surface area contributed by atoms with Crippen molar-refractivity contribution in [3.63, 3.8) is 0 Å². The van der Waals surface area contributed by atoms with Gasteiger partial charge in [0.05, 0.1) is 11.1 Å². The van der Waals surface area contributed by atoms with Gasteiger partial charge in [-0.1, -0.05) is 47.0 Å². The van der Waals surface area contributed by atoms with E-state index in [1.165, 1.54) is 12.1 Å². The molecule has 0 bridgehead atoms. The first-order chi connectivity index (χ1) is 13.9.